The summed E-state index contributed by atoms with van der Waals surface area (Å²) >= 11 is 0. The van der Waals surface area contributed by atoms with Crippen molar-refractivity contribution in [3.63, 3.8) is 0 Å². The van der Waals surface area contributed by atoms with Crippen molar-refractivity contribution in [2.75, 3.05) is 23.7 Å². The van der Waals surface area contributed by atoms with Crippen molar-refractivity contribution in [1.82, 2.24) is 5.32 Å². The van der Waals surface area contributed by atoms with Gasteiger partial charge < -0.3 is 16.0 Å². The van der Waals surface area contributed by atoms with E-state index in [0.29, 0.717) is 13.1 Å². The van der Waals surface area contributed by atoms with Gasteiger partial charge in [-0.05, 0) is 24.0 Å². The van der Waals surface area contributed by atoms with Gasteiger partial charge in [-0.15, -0.1) is 0 Å². The smallest absolute Gasteiger partial charge is 0.244 e. The molecule has 1 aromatic carbocycles. The summed E-state index contributed by atoms with van der Waals surface area (Å²) in [6, 6.07) is 7.74. The molecule has 1 amide bonds. The molecule has 1 aliphatic rings. The van der Waals surface area contributed by atoms with E-state index >= 15 is 0 Å². The zero-order valence-corrected chi connectivity index (χ0v) is 11.9. The van der Waals surface area contributed by atoms with E-state index in [4.69, 9.17) is 0 Å². The largest absolute Gasteiger partial charge is 0.381 e. The number of hydrogen-bond donors (Lipinski definition) is 3. The first kappa shape index (κ1) is 13.7. The number of hydrogen-bond acceptors (Lipinski definition) is 3. The predicted octanol–water partition coefficient (Wildman–Crippen LogP) is 2.44. The molecule has 0 saturated heterocycles. The highest BCUT2D eigenvalue weighted by Crippen LogP contribution is 2.25. The van der Waals surface area contributed by atoms with Crippen molar-refractivity contribution < 1.29 is 4.79 Å². The molecule has 1 aromatic rings. The van der Waals surface area contributed by atoms with Crippen molar-refractivity contribution in [3.05, 3.63) is 24.3 Å². The molecule has 1 aliphatic heterocycles. The second kappa shape index (κ2) is 5.51. The highest BCUT2D eigenvalue weighted by atomic mass is 16.2. The molecule has 3 N–H and O–H groups in total. The second-order valence-corrected chi connectivity index (χ2v) is 5.86. The monoisotopic (exact) mass is 261 g/mol. The maximum atomic E-state index is 12.2. The SMILES string of the molecule is CCC(C)(C)CNC(=O)C1CNc2ccccc2N1. The maximum absolute atomic E-state index is 12.2. The van der Waals surface area contributed by atoms with Crippen LogP contribution >= 0.6 is 0 Å². The Balaban J connectivity index is 1.92. The number of carbonyl (C=O) groups excluding carboxylic acids is 1. The Morgan fingerprint density at radius 1 is 1.37 bits per heavy atom. The topological polar surface area (TPSA) is 53.2 Å². The van der Waals surface area contributed by atoms with Crippen molar-refractivity contribution in [3.8, 4) is 0 Å². The van der Waals surface area contributed by atoms with Crippen LogP contribution in [-0.2, 0) is 4.79 Å². The lowest BCUT2D eigenvalue weighted by atomic mass is 9.90. The molecule has 1 heterocycles. The Morgan fingerprint density at radius 3 is 2.74 bits per heavy atom. The van der Waals surface area contributed by atoms with Crippen LogP contribution in [0.15, 0.2) is 24.3 Å². The molecule has 0 spiro atoms. The minimum Gasteiger partial charge on any atom is -0.381 e. The third kappa shape index (κ3) is 3.40. The molecular weight excluding hydrogens is 238 g/mol. The normalized spacial score (nSPS) is 17.9. The first-order chi connectivity index (χ1) is 9.02. The number of benzene rings is 1. The number of para-hydroxylation sites is 2. The Bertz CT molecular complexity index is 456. The number of anilines is 2. The summed E-state index contributed by atoms with van der Waals surface area (Å²) in [7, 11) is 0. The van der Waals surface area contributed by atoms with Gasteiger partial charge in [-0.25, -0.2) is 0 Å². The predicted molar refractivity (Wildman–Crippen MR) is 79.4 cm³/mol. The van der Waals surface area contributed by atoms with Crippen LogP contribution in [0.1, 0.15) is 27.2 Å². The van der Waals surface area contributed by atoms with E-state index in [1.54, 1.807) is 0 Å². The average molecular weight is 261 g/mol. The number of nitrogens with one attached hydrogen (secondary N) is 3. The van der Waals surface area contributed by atoms with E-state index in [2.05, 4.69) is 36.7 Å². The first-order valence-electron chi connectivity index (χ1n) is 6.89. The molecule has 4 nitrogen and oxygen atoms in total. The van der Waals surface area contributed by atoms with Gasteiger partial charge in [0.05, 0.1) is 11.4 Å². The molecule has 0 radical (unpaired) electrons. The minimum atomic E-state index is -0.206. The lowest BCUT2D eigenvalue weighted by Gasteiger charge is -2.29. The van der Waals surface area contributed by atoms with E-state index in [1.165, 1.54) is 0 Å². The van der Waals surface area contributed by atoms with E-state index in [9.17, 15) is 4.79 Å². The summed E-state index contributed by atoms with van der Waals surface area (Å²) < 4.78 is 0. The Kier molecular flexibility index (Phi) is 3.98. The lowest BCUT2D eigenvalue weighted by Crippen LogP contribution is -2.48. The quantitative estimate of drug-likeness (QED) is 0.780. The molecule has 4 heteroatoms. The van der Waals surface area contributed by atoms with Gasteiger partial charge in [-0.3, -0.25) is 4.79 Å². The summed E-state index contributed by atoms with van der Waals surface area (Å²) in [4.78, 5) is 12.2. The summed E-state index contributed by atoms with van der Waals surface area (Å²) in [5.74, 6) is 0.0588. The lowest BCUT2D eigenvalue weighted by molar-refractivity contribution is -0.122. The van der Waals surface area contributed by atoms with Crippen molar-refractivity contribution in [2.45, 2.75) is 33.2 Å². The van der Waals surface area contributed by atoms with Gasteiger partial charge in [0.2, 0.25) is 5.91 Å². The van der Waals surface area contributed by atoms with E-state index in [-0.39, 0.29) is 17.4 Å². The van der Waals surface area contributed by atoms with Gasteiger partial charge >= 0.3 is 0 Å². The summed E-state index contributed by atoms with van der Waals surface area (Å²) in [5.41, 5.74) is 2.19. The molecular formula is C15H23N3O. The molecule has 2 rings (SSSR count). The third-order valence-corrected chi connectivity index (χ3v) is 3.77. The van der Waals surface area contributed by atoms with Crippen LogP contribution in [0.5, 0.6) is 0 Å². The summed E-state index contributed by atoms with van der Waals surface area (Å²) in [5, 5.41) is 9.59. The second-order valence-electron chi connectivity index (χ2n) is 5.86. The molecule has 0 aliphatic carbocycles. The van der Waals surface area contributed by atoms with Crippen LogP contribution in [-0.4, -0.2) is 25.0 Å². The summed E-state index contributed by atoms with van der Waals surface area (Å²) in [6.45, 7) is 7.80. The standard InChI is InChI=1S/C15H23N3O/c1-4-15(2,3)10-17-14(19)13-9-16-11-7-5-6-8-12(11)18-13/h5-8,13,16,18H,4,9-10H2,1-3H3,(H,17,19). The van der Waals surface area contributed by atoms with Crippen molar-refractivity contribution >= 4 is 17.3 Å². The molecule has 0 aromatic heterocycles. The fourth-order valence-corrected chi connectivity index (χ4v) is 1.95. The van der Waals surface area contributed by atoms with Crippen LogP contribution in [0.2, 0.25) is 0 Å². The number of carbonyl (C=O) groups is 1. The molecule has 104 valence electrons. The van der Waals surface area contributed by atoms with Crippen LogP contribution < -0.4 is 16.0 Å². The van der Waals surface area contributed by atoms with Crippen LogP contribution in [0.3, 0.4) is 0 Å². The van der Waals surface area contributed by atoms with Crippen LogP contribution in [0.4, 0.5) is 11.4 Å². The van der Waals surface area contributed by atoms with Crippen molar-refractivity contribution in [1.29, 1.82) is 0 Å². The third-order valence-electron chi connectivity index (χ3n) is 3.77. The zero-order valence-electron chi connectivity index (χ0n) is 11.9. The van der Waals surface area contributed by atoms with Gasteiger partial charge in [0, 0.05) is 13.1 Å². The molecule has 19 heavy (non-hydrogen) atoms. The number of rotatable bonds is 4. The Morgan fingerprint density at radius 2 is 2.05 bits per heavy atom. The van der Waals surface area contributed by atoms with Gasteiger partial charge in [-0.2, -0.15) is 0 Å². The molecule has 0 saturated carbocycles. The van der Waals surface area contributed by atoms with Gasteiger partial charge in [0.15, 0.2) is 0 Å². The molecule has 1 unspecified atom stereocenters. The van der Waals surface area contributed by atoms with E-state index < -0.39 is 0 Å². The first-order valence-corrected chi connectivity index (χ1v) is 6.89. The highest BCUT2D eigenvalue weighted by Gasteiger charge is 2.24. The Labute approximate surface area is 115 Å². The maximum Gasteiger partial charge on any atom is 0.244 e. The molecule has 0 bridgehead atoms. The zero-order chi connectivity index (χ0) is 13.9. The fraction of sp³-hybridized carbons (Fsp3) is 0.533. The van der Waals surface area contributed by atoms with Crippen molar-refractivity contribution in [2.24, 2.45) is 5.41 Å². The minimum absolute atomic E-state index is 0.0588. The van der Waals surface area contributed by atoms with Crippen LogP contribution in [0, 0.1) is 5.41 Å². The van der Waals surface area contributed by atoms with Gasteiger partial charge in [-0.1, -0.05) is 32.9 Å². The number of amides is 1. The fourth-order valence-electron chi connectivity index (χ4n) is 1.95. The highest BCUT2D eigenvalue weighted by molar-refractivity contribution is 5.88. The number of fused-ring (bicyclic) bond motifs is 1. The average Bonchev–Trinajstić information content (AvgIpc) is 2.44. The molecule has 0 fully saturated rings. The van der Waals surface area contributed by atoms with Gasteiger partial charge in [0.1, 0.15) is 6.04 Å². The van der Waals surface area contributed by atoms with Crippen LogP contribution in [0.25, 0.3) is 0 Å². The Hall–Kier alpha value is -1.71. The van der Waals surface area contributed by atoms with E-state index in [0.717, 1.165) is 17.8 Å². The summed E-state index contributed by atoms with van der Waals surface area (Å²) in [6.07, 6.45) is 1.05. The van der Waals surface area contributed by atoms with Gasteiger partial charge in [0.25, 0.3) is 0 Å². The van der Waals surface area contributed by atoms with E-state index in [1.807, 2.05) is 24.3 Å². The molecule has 1 atom stereocenters.